The molecule has 1 heterocycles. The van der Waals surface area contributed by atoms with Crippen LogP contribution in [0.5, 0.6) is 0 Å². The molecule has 25 heavy (non-hydrogen) atoms. The molecule has 1 amide bonds. The Morgan fingerprint density at radius 3 is 2.64 bits per heavy atom. The van der Waals surface area contributed by atoms with Gasteiger partial charge in [0.25, 0.3) is 5.91 Å². The third kappa shape index (κ3) is 5.28. The Balaban J connectivity index is 0.00000225. The van der Waals surface area contributed by atoms with Gasteiger partial charge in [0.2, 0.25) is 0 Å². The molecular formula is C18H26ClN5O. The van der Waals surface area contributed by atoms with Crippen molar-refractivity contribution in [2.75, 3.05) is 6.54 Å². The van der Waals surface area contributed by atoms with E-state index in [1.165, 1.54) is 19.3 Å². The summed E-state index contributed by atoms with van der Waals surface area (Å²) in [6.45, 7) is 1.07. The number of hydrogen-bond donors (Lipinski definition) is 2. The van der Waals surface area contributed by atoms with Gasteiger partial charge in [-0.05, 0) is 24.3 Å². The predicted octanol–water partition coefficient (Wildman–Crippen LogP) is 2.39. The molecule has 1 aromatic carbocycles. The Labute approximate surface area is 154 Å². The standard InChI is InChI=1S/C18H25N5O.ClH/c19-11-16(15-9-5-2-6-10-15)20-18(24)17-13-23(22-21-17)12-14-7-3-1-4-8-14;/h1,3-4,7-8,13,15-16H,2,5-6,9-12,19H2,(H,20,24);1H. The van der Waals surface area contributed by atoms with Gasteiger partial charge in [0.15, 0.2) is 5.69 Å². The van der Waals surface area contributed by atoms with Gasteiger partial charge < -0.3 is 11.1 Å². The molecule has 1 saturated carbocycles. The molecule has 136 valence electrons. The van der Waals surface area contributed by atoms with Crippen LogP contribution in [0.4, 0.5) is 0 Å². The first-order valence-electron chi connectivity index (χ1n) is 8.71. The molecule has 1 aliphatic rings. The number of carbonyl (C=O) groups is 1. The summed E-state index contributed by atoms with van der Waals surface area (Å²) in [5.41, 5.74) is 7.35. The maximum Gasteiger partial charge on any atom is 0.273 e. The molecule has 1 unspecified atom stereocenters. The fourth-order valence-corrected chi connectivity index (χ4v) is 3.40. The fraction of sp³-hybridized carbons (Fsp3) is 0.500. The van der Waals surface area contributed by atoms with Crippen LogP contribution >= 0.6 is 12.4 Å². The minimum absolute atomic E-state index is 0. The van der Waals surface area contributed by atoms with Crippen molar-refractivity contribution in [3.05, 3.63) is 47.8 Å². The van der Waals surface area contributed by atoms with Crippen molar-refractivity contribution in [2.24, 2.45) is 11.7 Å². The molecule has 6 nitrogen and oxygen atoms in total. The molecule has 1 fully saturated rings. The number of nitrogens with two attached hydrogens (primary N) is 1. The van der Waals surface area contributed by atoms with Gasteiger partial charge in [-0.2, -0.15) is 0 Å². The summed E-state index contributed by atoms with van der Waals surface area (Å²) in [5, 5.41) is 11.1. The highest BCUT2D eigenvalue weighted by atomic mass is 35.5. The summed E-state index contributed by atoms with van der Waals surface area (Å²) >= 11 is 0. The van der Waals surface area contributed by atoms with Gasteiger partial charge in [0.05, 0.1) is 12.7 Å². The molecule has 1 aliphatic carbocycles. The van der Waals surface area contributed by atoms with Crippen molar-refractivity contribution in [3.63, 3.8) is 0 Å². The van der Waals surface area contributed by atoms with Gasteiger partial charge >= 0.3 is 0 Å². The summed E-state index contributed by atoms with van der Waals surface area (Å²) < 4.78 is 1.68. The minimum Gasteiger partial charge on any atom is -0.346 e. The second kappa shape index (κ2) is 9.53. The molecule has 0 saturated heterocycles. The van der Waals surface area contributed by atoms with Crippen molar-refractivity contribution in [2.45, 2.75) is 44.7 Å². The summed E-state index contributed by atoms with van der Waals surface area (Å²) in [6, 6.07) is 10.0. The normalized spacial score (nSPS) is 16.0. The highest BCUT2D eigenvalue weighted by Gasteiger charge is 2.25. The van der Waals surface area contributed by atoms with Crippen molar-refractivity contribution >= 4 is 18.3 Å². The third-order valence-corrected chi connectivity index (χ3v) is 4.75. The Hall–Kier alpha value is -1.92. The molecule has 1 aromatic heterocycles. The molecule has 0 radical (unpaired) electrons. The van der Waals surface area contributed by atoms with E-state index in [4.69, 9.17) is 5.73 Å². The molecule has 2 aromatic rings. The lowest BCUT2D eigenvalue weighted by Gasteiger charge is -2.29. The number of amides is 1. The topological polar surface area (TPSA) is 85.8 Å². The summed E-state index contributed by atoms with van der Waals surface area (Å²) in [4.78, 5) is 12.4. The van der Waals surface area contributed by atoms with Crippen molar-refractivity contribution < 1.29 is 4.79 Å². The van der Waals surface area contributed by atoms with Crippen LogP contribution in [0, 0.1) is 5.92 Å². The third-order valence-electron chi connectivity index (χ3n) is 4.75. The first-order valence-corrected chi connectivity index (χ1v) is 8.71. The zero-order valence-electron chi connectivity index (χ0n) is 14.3. The number of rotatable bonds is 6. The fourth-order valence-electron chi connectivity index (χ4n) is 3.40. The lowest BCUT2D eigenvalue weighted by molar-refractivity contribution is 0.0910. The maximum absolute atomic E-state index is 12.4. The molecule has 1 atom stereocenters. The zero-order valence-corrected chi connectivity index (χ0v) is 15.1. The lowest BCUT2D eigenvalue weighted by Crippen LogP contribution is -2.46. The molecule has 0 aliphatic heterocycles. The van der Waals surface area contributed by atoms with Crippen LogP contribution < -0.4 is 11.1 Å². The van der Waals surface area contributed by atoms with E-state index in [0.29, 0.717) is 24.7 Å². The minimum atomic E-state index is -0.185. The Bertz CT molecular complexity index is 654. The van der Waals surface area contributed by atoms with Crippen molar-refractivity contribution in [1.82, 2.24) is 20.3 Å². The lowest BCUT2D eigenvalue weighted by atomic mass is 9.84. The van der Waals surface area contributed by atoms with E-state index in [-0.39, 0.29) is 24.4 Å². The predicted molar refractivity (Wildman–Crippen MR) is 99.7 cm³/mol. The van der Waals surface area contributed by atoms with Gasteiger partial charge in [-0.3, -0.25) is 4.79 Å². The van der Waals surface area contributed by atoms with E-state index >= 15 is 0 Å². The summed E-state index contributed by atoms with van der Waals surface area (Å²) in [7, 11) is 0. The van der Waals surface area contributed by atoms with E-state index in [1.54, 1.807) is 10.9 Å². The average molecular weight is 364 g/mol. The van der Waals surface area contributed by atoms with E-state index in [2.05, 4.69) is 15.6 Å². The van der Waals surface area contributed by atoms with Gasteiger partial charge in [0, 0.05) is 12.6 Å². The van der Waals surface area contributed by atoms with E-state index in [9.17, 15) is 4.79 Å². The Morgan fingerprint density at radius 2 is 1.96 bits per heavy atom. The summed E-state index contributed by atoms with van der Waals surface area (Å²) in [5.74, 6) is 0.294. The van der Waals surface area contributed by atoms with Gasteiger partial charge in [-0.15, -0.1) is 17.5 Å². The van der Waals surface area contributed by atoms with Crippen LogP contribution in [-0.4, -0.2) is 33.5 Å². The first-order chi connectivity index (χ1) is 11.8. The van der Waals surface area contributed by atoms with Crippen LogP contribution in [-0.2, 0) is 6.54 Å². The second-order valence-electron chi connectivity index (χ2n) is 6.50. The number of carbonyl (C=O) groups excluding carboxylic acids is 1. The number of benzene rings is 1. The molecular weight excluding hydrogens is 338 g/mol. The molecule has 7 heteroatoms. The van der Waals surface area contributed by atoms with E-state index < -0.39 is 0 Å². The SMILES string of the molecule is Cl.NCC(NC(=O)c1cn(Cc2ccccc2)nn1)C1CCCCC1. The number of hydrogen-bond acceptors (Lipinski definition) is 4. The quantitative estimate of drug-likeness (QED) is 0.825. The number of nitrogens with zero attached hydrogens (tertiary/aromatic N) is 3. The monoisotopic (exact) mass is 363 g/mol. The van der Waals surface area contributed by atoms with Crippen molar-refractivity contribution in [3.8, 4) is 0 Å². The number of halogens is 1. The van der Waals surface area contributed by atoms with E-state index in [1.807, 2.05) is 30.3 Å². The van der Waals surface area contributed by atoms with Crippen LogP contribution in [0.25, 0.3) is 0 Å². The Kier molecular flexibility index (Phi) is 7.40. The smallest absolute Gasteiger partial charge is 0.273 e. The highest BCUT2D eigenvalue weighted by molar-refractivity contribution is 5.92. The van der Waals surface area contributed by atoms with E-state index in [0.717, 1.165) is 18.4 Å². The molecule has 0 bridgehead atoms. The summed E-state index contributed by atoms with van der Waals surface area (Å²) in [6.07, 6.45) is 7.71. The largest absolute Gasteiger partial charge is 0.346 e. The van der Waals surface area contributed by atoms with Crippen molar-refractivity contribution in [1.29, 1.82) is 0 Å². The molecule has 3 rings (SSSR count). The Morgan fingerprint density at radius 1 is 1.24 bits per heavy atom. The molecule has 0 spiro atoms. The van der Waals surface area contributed by atoms with Gasteiger partial charge in [-0.1, -0.05) is 54.8 Å². The zero-order chi connectivity index (χ0) is 16.8. The maximum atomic E-state index is 12.4. The van der Waals surface area contributed by atoms with Gasteiger partial charge in [-0.25, -0.2) is 4.68 Å². The van der Waals surface area contributed by atoms with Crippen LogP contribution in [0.2, 0.25) is 0 Å². The van der Waals surface area contributed by atoms with Crippen LogP contribution in [0.15, 0.2) is 36.5 Å². The van der Waals surface area contributed by atoms with Crippen LogP contribution in [0.3, 0.4) is 0 Å². The number of nitrogens with one attached hydrogen (secondary N) is 1. The van der Waals surface area contributed by atoms with Gasteiger partial charge in [0.1, 0.15) is 0 Å². The molecule has 3 N–H and O–H groups in total. The number of aromatic nitrogens is 3. The first kappa shape index (κ1) is 19.4. The van der Waals surface area contributed by atoms with Crippen LogP contribution in [0.1, 0.15) is 48.2 Å². The highest BCUT2D eigenvalue weighted by Crippen LogP contribution is 2.26. The second-order valence-corrected chi connectivity index (χ2v) is 6.50. The average Bonchev–Trinajstić information content (AvgIpc) is 3.10.